The van der Waals surface area contributed by atoms with Crippen LogP contribution in [0, 0.1) is 0 Å². The molecule has 0 aliphatic carbocycles. The van der Waals surface area contributed by atoms with Gasteiger partial charge in [0.25, 0.3) is 5.91 Å². The number of likely N-dealkylation sites (tertiary alicyclic amines) is 1. The van der Waals surface area contributed by atoms with Gasteiger partial charge in [0.1, 0.15) is 11.3 Å². The number of nitrogens with zero attached hydrogens (tertiary/aromatic N) is 3. The van der Waals surface area contributed by atoms with Gasteiger partial charge in [-0.15, -0.1) is 0 Å². The highest BCUT2D eigenvalue weighted by Gasteiger charge is 2.44. The Morgan fingerprint density at radius 3 is 2.64 bits per heavy atom. The number of amides is 1. The van der Waals surface area contributed by atoms with Crippen LogP contribution in [0.15, 0.2) is 80.8 Å². The summed E-state index contributed by atoms with van der Waals surface area (Å²) >= 11 is 0. The van der Waals surface area contributed by atoms with Gasteiger partial charge in [-0.3, -0.25) is 19.5 Å². The van der Waals surface area contributed by atoms with Crippen LogP contribution in [0.25, 0.3) is 11.0 Å². The lowest BCUT2D eigenvalue weighted by Gasteiger charge is -2.33. The quantitative estimate of drug-likeness (QED) is 0.463. The van der Waals surface area contributed by atoms with Crippen molar-refractivity contribution in [2.24, 2.45) is 0 Å². The summed E-state index contributed by atoms with van der Waals surface area (Å²) in [5.41, 5.74) is 1.41. The first kappa shape index (κ1) is 19.9. The summed E-state index contributed by atoms with van der Waals surface area (Å²) in [6, 6.07) is 13.9. The molecule has 2 aliphatic rings. The minimum atomic E-state index is -0.567. The van der Waals surface area contributed by atoms with E-state index in [-0.39, 0.29) is 23.1 Å². The van der Waals surface area contributed by atoms with Crippen molar-refractivity contribution in [2.45, 2.75) is 24.9 Å². The van der Waals surface area contributed by atoms with Crippen molar-refractivity contribution in [3.63, 3.8) is 0 Å². The highest BCUT2D eigenvalue weighted by atomic mass is 16.3. The fourth-order valence-electron chi connectivity index (χ4n) is 5.15. The molecule has 6 rings (SSSR count). The monoisotopic (exact) mass is 441 g/mol. The fourth-order valence-corrected chi connectivity index (χ4v) is 5.15. The Balaban J connectivity index is 1.50. The van der Waals surface area contributed by atoms with Gasteiger partial charge < -0.3 is 13.7 Å². The van der Waals surface area contributed by atoms with Gasteiger partial charge in [-0.25, -0.2) is 0 Å². The Bertz CT molecular complexity index is 1360. The first-order valence-corrected chi connectivity index (χ1v) is 11.3. The van der Waals surface area contributed by atoms with E-state index >= 15 is 0 Å². The molecule has 33 heavy (non-hydrogen) atoms. The van der Waals surface area contributed by atoms with Crippen molar-refractivity contribution in [3.05, 3.63) is 100 Å². The number of hydrogen-bond donors (Lipinski definition) is 0. The molecule has 1 aromatic carbocycles. The molecule has 0 bridgehead atoms. The number of pyridine rings is 1. The molecule has 166 valence electrons. The van der Waals surface area contributed by atoms with Gasteiger partial charge in [-0.2, -0.15) is 0 Å². The third-order valence-corrected chi connectivity index (χ3v) is 6.70. The molecule has 5 heterocycles. The summed E-state index contributed by atoms with van der Waals surface area (Å²) in [6.07, 6.45) is 7.29. The molecule has 2 atom stereocenters. The second kappa shape index (κ2) is 8.01. The van der Waals surface area contributed by atoms with Crippen molar-refractivity contribution in [2.75, 3.05) is 19.6 Å². The van der Waals surface area contributed by atoms with Crippen molar-refractivity contribution >= 4 is 16.9 Å². The number of carbonyl (C=O) groups is 1. The maximum atomic E-state index is 13.7. The number of carbonyl (C=O) groups excluding carboxylic acids is 1. The second-order valence-corrected chi connectivity index (χ2v) is 8.59. The number of hydrogen-bond acceptors (Lipinski definition) is 6. The van der Waals surface area contributed by atoms with Gasteiger partial charge in [0, 0.05) is 18.9 Å². The molecule has 4 aromatic rings. The van der Waals surface area contributed by atoms with E-state index in [2.05, 4.69) is 9.88 Å². The second-order valence-electron chi connectivity index (χ2n) is 8.59. The number of furan rings is 1. The van der Waals surface area contributed by atoms with Crippen LogP contribution in [0.2, 0.25) is 0 Å². The zero-order chi connectivity index (χ0) is 22.4. The third kappa shape index (κ3) is 3.27. The molecule has 0 spiro atoms. The maximum absolute atomic E-state index is 13.7. The Kier molecular flexibility index (Phi) is 4.84. The first-order chi connectivity index (χ1) is 16.2. The normalized spacial score (nSPS) is 19.3. The molecular weight excluding hydrogens is 418 g/mol. The number of rotatable bonds is 5. The van der Waals surface area contributed by atoms with E-state index in [4.69, 9.17) is 8.83 Å². The molecule has 0 radical (unpaired) electrons. The van der Waals surface area contributed by atoms with Crippen LogP contribution in [-0.2, 0) is 0 Å². The lowest BCUT2D eigenvalue weighted by Crippen LogP contribution is -2.39. The average Bonchev–Trinajstić information content (AvgIpc) is 3.61. The van der Waals surface area contributed by atoms with E-state index in [9.17, 15) is 9.59 Å². The SMILES string of the molecule is O=C1c2oc3ccccc3c(=O)c2[C@H](c2cccnc2)N1C[C@H](c1ccco1)N1CCCC1. The Labute approximate surface area is 190 Å². The summed E-state index contributed by atoms with van der Waals surface area (Å²) in [7, 11) is 0. The zero-order valence-electron chi connectivity index (χ0n) is 18.0. The smallest absolute Gasteiger partial charge is 0.290 e. The van der Waals surface area contributed by atoms with E-state index in [1.807, 2.05) is 24.3 Å². The fraction of sp³-hybridized carbons (Fsp3) is 0.269. The number of benzene rings is 1. The lowest BCUT2D eigenvalue weighted by molar-refractivity contribution is 0.0643. The molecule has 3 aromatic heterocycles. The number of aromatic nitrogens is 1. The molecular formula is C26H23N3O4. The summed E-state index contributed by atoms with van der Waals surface area (Å²) in [5, 5.41) is 0.474. The number of fused-ring (bicyclic) bond motifs is 2. The van der Waals surface area contributed by atoms with Crippen LogP contribution in [0.5, 0.6) is 0 Å². The van der Waals surface area contributed by atoms with E-state index in [0.717, 1.165) is 37.3 Å². The number of para-hydroxylation sites is 1. The Morgan fingerprint density at radius 1 is 1.03 bits per heavy atom. The summed E-state index contributed by atoms with van der Waals surface area (Å²) in [4.78, 5) is 35.7. The predicted octanol–water partition coefficient (Wildman–Crippen LogP) is 4.16. The molecule has 2 aliphatic heterocycles. The van der Waals surface area contributed by atoms with Gasteiger partial charge in [0.2, 0.25) is 5.76 Å². The van der Waals surface area contributed by atoms with Crippen LogP contribution in [0.4, 0.5) is 0 Å². The minimum Gasteiger partial charge on any atom is -0.468 e. The van der Waals surface area contributed by atoms with Crippen molar-refractivity contribution in [3.8, 4) is 0 Å². The summed E-state index contributed by atoms with van der Waals surface area (Å²) in [5.74, 6) is 0.652. The van der Waals surface area contributed by atoms with Crippen LogP contribution in [0.1, 0.15) is 52.4 Å². The van der Waals surface area contributed by atoms with E-state index in [0.29, 0.717) is 23.1 Å². The molecule has 1 amide bonds. The molecule has 0 unspecified atom stereocenters. The molecule has 7 heteroatoms. The topological polar surface area (TPSA) is 79.8 Å². The van der Waals surface area contributed by atoms with Crippen molar-refractivity contribution in [1.29, 1.82) is 0 Å². The molecule has 1 saturated heterocycles. The van der Waals surface area contributed by atoms with Crippen LogP contribution >= 0.6 is 0 Å². The van der Waals surface area contributed by atoms with E-state index in [1.165, 1.54) is 0 Å². The highest BCUT2D eigenvalue weighted by molar-refractivity contribution is 5.99. The first-order valence-electron chi connectivity index (χ1n) is 11.3. The highest BCUT2D eigenvalue weighted by Crippen LogP contribution is 2.40. The zero-order valence-corrected chi connectivity index (χ0v) is 18.0. The van der Waals surface area contributed by atoms with Crippen LogP contribution < -0.4 is 5.43 Å². The van der Waals surface area contributed by atoms with E-state index in [1.54, 1.807) is 47.8 Å². The lowest BCUT2D eigenvalue weighted by atomic mass is 9.99. The molecule has 7 nitrogen and oxygen atoms in total. The third-order valence-electron chi connectivity index (χ3n) is 6.70. The van der Waals surface area contributed by atoms with Gasteiger partial charge in [-0.1, -0.05) is 18.2 Å². The standard InChI is InChI=1S/C26H23N3O4/c30-24-18-8-1-2-9-20(18)33-25-22(24)23(17-7-5-11-27-15-17)29(26(25)31)16-19(21-10-6-14-32-21)28-12-3-4-13-28/h1-2,5-11,14-15,19,23H,3-4,12-13,16H2/t19-,23+/m1/s1. The van der Waals surface area contributed by atoms with Crippen molar-refractivity contribution in [1.82, 2.24) is 14.8 Å². The summed E-state index contributed by atoms with van der Waals surface area (Å²) < 4.78 is 11.8. The maximum Gasteiger partial charge on any atom is 0.290 e. The van der Waals surface area contributed by atoms with Crippen molar-refractivity contribution < 1.29 is 13.6 Å². The van der Waals surface area contributed by atoms with Gasteiger partial charge in [0.05, 0.1) is 29.3 Å². The van der Waals surface area contributed by atoms with Gasteiger partial charge >= 0.3 is 0 Å². The minimum absolute atomic E-state index is 0.107. The Hall–Kier alpha value is -3.71. The molecule has 0 N–H and O–H groups in total. The van der Waals surface area contributed by atoms with Crippen LogP contribution in [-0.4, -0.2) is 40.3 Å². The van der Waals surface area contributed by atoms with Gasteiger partial charge in [-0.05, 0) is 61.8 Å². The predicted molar refractivity (Wildman–Crippen MR) is 122 cm³/mol. The van der Waals surface area contributed by atoms with E-state index < -0.39 is 6.04 Å². The molecule has 0 saturated carbocycles. The van der Waals surface area contributed by atoms with Gasteiger partial charge in [0.15, 0.2) is 5.43 Å². The average molecular weight is 441 g/mol. The summed E-state index contributed by atoms with van der Waals surface area (Å²) in [6.45, 7) is 2.27. The molecule has 1 fully saturated rings. The van der Waals surface area contributed by atoms with Crippen LogP contribution in [0.3, 0.4) is 0 Å². The largest absolute Gasteiger partial charge is 0.468 e. The Morgan fingerprint density at radius 2 is 1.88 bits per heavy atom.